The highest BCUT2D eigenvalue weighted by molar-refractivity contribution is 6.38. The first-order valence-electron chi connectivity index (χ1n) is 3.62. The van der Waals surface area contributed by atoms with Gasteiger partial charge in [0.1, 0.15) is 9.68 Å². The molecule has 0 heterocycles. The van der Waals surface area contributed by atoms with E-state index in [2.05, 4.69) is 18.5 Å². The zero-order valence-corrected chi connectivity index (χ0v) is 8.15. The quantitative estimate of drug-likeness (QED) is 0.361. The molecule has 0 aliphatic heterocycles. The molecule has 1 N–H and O–H groups in total. The van der Waals surface area contributed by atoms with E-state index in [4.69, 9.17) is 0 Å². The molecule has 0 saturated heterocycles. The van der Waals surface area contributed by atoms with Gasteiger partial charge in [-0.3, -0.25) is 4.79 Å². The Morgan fingerprint density at radius 3 is 2.70 bits per heavy atom. The number of nitrogens with one attached hydrogen (secondary N) is 1. The van der Waals surface area contributed by atoms with Crippen molar-refractivity contribution in [2.24, 2.45) is 0 Å². The third-order valence-corrected chi connectivity index (χ3v) is 2.84. The van der Waals surface area contributed by atoms with Crippen molar-refractivity contribution in [2.45, 2.75) is 26.3 Å². The van der Waals surface area contributed by atoms with E-state index in [1.165, 1.54) is 12.5 Å². The number of hydrogen-bond acceptors (Lipinski definition) is 1. The lowest BCUT2D eigenvalue weighted by atomic mass is 10.3. The number of rotatable bonds is 4. The molecule has 0 bridgehead atoms. The fourth-order valence-corrected chi connectivity index (χ4v) is 1.59. The molecule has 0 fully saturated rings. The molecule has 0 rings (SSSR count). The van der Waals surface area contributed by atoms with Crippen LogP contribution in [-0.2, 0) is 4.79 Å². The van der Waals surface area contributed by atoms with Crippen LogP contribution in [0.25, 0.3) is 0 Å². The molecule has 10 heavy (non-hydrogen) atoms. The van der Waals surface area contributed by atoms with Gasteiger partial charge in [-0.15, -0.1) is 0 Å². The van der Waals surface area contributed by atoms with Crippen molar-refractivity contribution in [2.75, 3.05) is 0 Å². The van der Waals surface area contributed by atoms with Gasteiger partial charge in [-0.25, -0.2) is 0 Å². The Morgan fingerprint density at radius 1 is 1.70 bits per heavy atom. The van der Waals surface area contributed by atoms with Crippen LogP contribution in [0.2, 0.25) is 6.04 Å². The van der Waals surface area contributed by atoms with Crippen LogP contribution in [-0.4, -0.2) is 15.6 Å². The second kappa shape index (κ2) is 5.23. The van der Waals surface area contributed by atoms with E-state index in [0.29, 0.717) is 5.57 Å². The number of carbonyl (C=O) groups is 1. The van der Waals surface area contributed by atoms with E-state index in [9.17, 15) is 4.79 Å². The second-order valence-corrected chi connectivity index (χ2v) is 3.95. The Labute approximate surface area is 64.6 Å². The Balaban J connectivity index is 3.31. The highest BCUT2D eigenvalue weighted by atomic mass is 28.2. The standard InChI is InChI=1S/C7H15NOSi/c1-4-5-10-8-7(9)6(2)3/h2,4-5,10H2,1,3H3,(H,8,9). The number of amides is 1. The highest BCUT2D eigenvalue weighted by Crippen LogP contribution is 1.86. The predicted octanol–water partition coefficient (Wildman–Crippen LogP) is 0.591. The molecule has 1 amide bonds. The molecule has 0 aromatic carbocycles. The first-order valence-corrected chi connectivity index (χ1v) is 5.33. The molecule has 2 nitrogen and oxygen atoms in total. The summed E-state index contributed by atoms with van der Waals surface area (Å²) >= 11 is 0. The summed E-state index contributed by atoms with van der Waals surface area (Å²) in [6.07, 6.45) is 1.17. The van der Waals surface area contributed by atoms with Gasteiger partial charge in [-0.1, -0.05) is 19.9 Å². The second-order valence-electron chi connectivity index (χ2n) is 2.39. The van der Waals surface area contributed by atoms with Crippen molar-refractivity contribution in [3.63, 3.8) is 0 Å². The summed E-state index contributed by atoms with van der Waals surface area (Å²) in [7, 11) is -0.339. The molecule has 0 unspecified atom stereocenters. The average molecular weight is 157 g/mol. The first-order chi connectivity index (χ1) is 4.68. The third-order valence-electron chi connectivity index (χ3n) is 1.20. The summed E-state index contributed by atoms with van der Waals surface area (Å²) in [5.41, 5.74) is 0.614. The van der Waals surface area contributed by atoms with E-state index in [0.717, 1.165) is 0 Å². The zero-order valence-electron chi connectivity index (χ0n) is 6.74. The molecule has 0 spiro atoms. The topological polar surface area (TPSA) is 29.1 Å². The van der Waals surface area contributed by atoms with Crippen molar-refractivity contribution in [1.29, 1.82) is 0 Å². The Kier molecular flexibility index (Phi) is 4.93. The molecular weight excluding hydrogens is 142 g/mol. The van der Waals surface area contributed by atoms with E-state index < -0.39 is 0 Å². The summed E-state index contributed by atoms with van der Waals surface area (Å²) in [4.78, 5) is 13.7. The third kappa shape index (κ3) is 4.32. The number of hydrogen-bond donors (Lipinski definition) is 1. The molecule has 0 aromatic rings. The molecule has 0 aliphatic carbocycles. The lowest BCUT2D eigenvalue weighted by Crippen LogP contribution is -2.27. The molecule has 3 heteroatoms. The van der Waals surface area contributed by atoms with Crippen molar-refractivity contribution < 1.29 is 4.79 Å². The van der Waals surface area contributed by atoms with Crippen molar-refractivity contribution in [1.82, 2.24) is 4.98 Å². The van der Waals surface area contributed by atoms with Gasteiger partial charge in [0.15, 0.2) is 0 Å². The molecule has 58 valence electrons. The van der Waals surface area contributed by atoms with Crippen LogP contribution in [0, 0.1) is 0 Å². The van der Waals surface area contributed by atoms with E-state index in [-0.39, 0.29) is 15.6 Å². The smallest absolute Gasteiger partial charge is 0.238 e. The van der Waals surface area contributed by atoms with Gasteiger partial charge < -0.3 is 4.98 Å². The van der Waals surface area contributed by atoms with Gasteiger partial charge in [0, 0.05) is 5.57 Å². The van der Waals surface area contributed by atoms with Crippen LogP contribution < -0.4 is 4.98 Å². The summed E-state index contributed by atoms with van der Waals surface area (Å²) < 4.78 is 0. The summed E-state index contributed by atoms with van der Waals surface area (Å²) in [5.74, 6) is 0.0279. The van der Waals surface area contributed by atoms with Crippen molar-refractivity contribution >= 4 is 15.6 Å². The molecule has 0 atom stereocenters. The van der Waals surface area contributed by atoms with Gasteiger partial charge in [0.05, 0.1) is 0 Å². The molecule has 0 aliphatic rings. The fourth-order valence-electron chi connectivity index (χ4n) is 0.530. The molecule has 0 aromatic heterocycles. The van der Waals surface area contributed by atoms with Crippen LogP contribution in [0.1, 0.15) is 20.3 Å². The van der Waals surface area contributed by atoms with Crippen molar-refractivity contribution in [3.8, 4) is 0 Å². The highest BCUT2D eigenvalue weighted by Gasteiger charge is 1.97. The van der Waals surface area contributed by atoms with Crippen LogP contribution in [0.15, 0.2) is 12.2 Å². The number of carbonyl (C=O) groups excluding carboxylic acids is 1. The molecular formula is C7H15NOSi. The van der Waals surface area contributed by atoms with Gasteiger partial charge >= 0.3 is 0 Å². The van der Waals surface area contributed by atoms with E-state index in [1.54, 1.807) is 6.92 Å². The lowest BCUT2D eigenvalue weighted by Gasteiger charge is -2.00. The maximum Gasteiger partial charge on any atom is 0.238 e. The van der Waals surface area contributed by atoms with E-state index >= 15 is 0 Å². The minimum Gasteiger partial charge on any atom is -0.384 e. The predicted molar refractivity (Wildman–Crippen MR) is 46.6 cm³/mol. The van der Waals surface area contributed by atoms with Gasteiger partial charge in [0.2, 0.25) is 5.91 Å². The first kappa shape index (κ1) is 9.43. The van der Waals surface area contributed by atoms with E-state index in [1.807, 2.05) is 0 Å². The normalized spacial score (nSPS) is 10.2. The minimum absolute atomic E-state index is 0.0279. The van der Waals surface area contributed by atoms with Crippen LogP contribution in [0.5, 0.6) is 0 Å². The monoisotopic (exact) mass is 157 g/mol. The largest absolute Gasteiger partial charge is 0.384 e. The van der Waals surface area contributed by atoms with Crippen LogP contribution in [0.3, 0.4) is 0 Å². The molecule has 0 radical (unpaired) electrons. The lowest BCUT2D eigenvalue weighted by molar-refractivity contribution is -0.115. The zero-order chi connectivity index (χ0) is 7.98. The van der Waals surface area contributed by atoms with Crippen LogP contribution in [0.4, 0.5) is 0 Å². The maximum atomic E-state index is 10.8. The fraction of sp³-hybridized carbons (Fsp3) is 0.571. The van der Waals surface area contributed by atoms with Gasteiger partial charge in [-0.2, -0.15) is 0 Å². The summed E-state index contributed by atoms with van der Waals surface area (Å²) in [5, 5.41) is 0. The maximum absolute atomic E-state index is 10.8. The average Bonchev–Trinajstić information content (AvgIpc) is 1.88. The van der Waals surface area contributed by atoms with Gasteiger partial charge in [0.25, 0.3) is 0 Å². The minimum atomic E-state index is -0.339. The Morgan fingerprint density at radius 2 is 2.30 bits per heavy atom. The van der Waals surface area contributed by atoms with Crippen LogP contribution >= 0.6 is 0 Å². The van der Waals surface area contributed by atoms with Gasteiger partial charge in [-0.05, 0) is 13.0 Å². The van der Waals surface area contributed by atoms with Crippen molar-refractivity contribution in [3.05, 3.63) is 12.2 Å². The molecule has 0 saturated carbocycles. The SMILES string of the molecule is C=C(C)C(=O)N[SiH2]CCC. The Bertz CT molecular complexity index is 134. The Hall–Kier alpha value is -0.573. The summed E-state index contributed by atoms with van der Waals surface area (Å²) in [6, 6.07) is 1.18. The summed E-state index contributed by atoms with van der Waals surface area (Å²) in [6.45, 7) is 7.40.